The highest BCUT2D eigenvalue weighted by Gasteiger charge is 2.25. The molecule has 3 nitrogen and oxygen atoms in total. The van der Waals surface area contributed by atoms with E-state index in [1.165, 1.54) is 12.8 Å². The van der Waals surface area contributed by atoms with Crippen molar-refractivity contribution in [1.29, 1.82) is 0 Å². The van der Waals surface area contributed by atoms with Crippen LogP contribution in [0, 0.1) is 5.92 Å². The van der Waals surface area contributed by atoms with Crippen LogP contribution in [0.1, 0.15) is 51.2 Å². The van der Waals surface area contributed by atoms with Crippen LogP contribution < -0.4 is 10.5 Å². The zero-order chi connectivity index (χ0) is 14.5. The normalized spacial score (nSPS) is 26.0. The first-order chi connectivity index (χ1) is 9.60. The van der Waals surface area contributed by atoms with Gasteiger partial charge in [-0.1, -0.05) is 31.9 Å². The highest BCUT2D eigenvalue weighted by atomic mass is 16.5. The predicted octanol–water partition coefficient (Wildman–Crippen LogP) is 3.68. The topological polar surface area (TPSA) is 44.5 Å². The van der Waals surface area contributed by atoms with E-state index in [2.05, 4.69) is 19.1 Å². The number of hydrogen-bond acceptors (Lipinski definition) is 3. The van der Waals surface area contributed by atoms with Crippen LogP contribution in [0.5, 0.6) is 5.75 Å². The summed E-state index contributed by atoms with van der Waals surface area (Å²) in [5.41, 5.74) is 7.27. The molecule has 1 aromatic rings. The van der Waals surface area contributed by atoms with Gasteiger partial charge in [0.05, 0.1) is 19.3 Å². The molecule has 0 aliphatic heterocycles. The molecule has 0 spiro atoms. The molecule has 0 amide bonds. The van der Waals surface area contributed by atoms with E-state index in [4.69, 9.17) is 15.2 Å². The lowest BCUT2D eigenvalue weighted by molar-refractivity contribution is -0.0490. The molecule has 0 aromatic heterocycles. The number of ether oxygens (including phenoxy) is 2. The van der Waals surface area contributed by atoms with Crippen LogP contribution in [-0.2, 0) is 4.74 Å². The van der Waals surface area contributed by atoms with E-state index in [1.54, 1.807) is 7.11 Å². The maximum Gasteiger partial charge on any atom is 0.118 e. The molecule has 0 saturated heterocycles. The van der Waals surface area contributed by atoms with Crippen LogP contribution in [0.15, 0.2) is 24.3 Å². The second-order valence-corrected chi connectivity index (χ2v) is 6.08. The van der Waals surface area contributed by atoms with Crippen molar-refractivity contribution in [3.63, 3.8) is 0 Å². The van der Waals surface area contributed by atoms with Crippen LogP contribution in [0.25, 0.3) is 0 Å². The number of nitrogens with two attached hydrogens (primary N) is 1. The molecule has 20 heavy (non-hydrogen) atoms. The summed E-state index contributed by atoms with van der Waals surface area (Å²) in [7, 11) is 1.68. The fourth-order valence-electron chi connectivity index (χ4n) is 3.01. The molecule has 1 aliphatic rings. The van der Waals surface area contributed by atoms with E-state index in [-0.39, 0.29) is 12.1 Å². The van der Waals surface area contributed by atoms with Gasteiger partial charge in [0.1, 0.15) is 5.75 Å². The van der Waals surface area contributed by atoms with E-state index >= 15 is 0 Å². The number of methoxy groups -OCH3 is 1. The van der Waals surface area contributed by atoms with Gasteiger partial charge >= 0.3 is 0 Å². The Morgan fingerprint density at radius 2 is 1.90 bits per heavy atom. The Kier molecular flexibility index (Phi) is 5.44. The summed E-state index contributed by atoms with van der Waals surface area (Å²) in [6, 6.07) is 8.04. The molecule has 2 rings (SSSR count). The van der Waals surface area contributed by atoms with Crippen LogP contribution >= 0.6 is 0 Å². The first-order valence-electron chi connectivity index (χ1n) is 7.65. The Morgan fingerprint density at radius 1 is 1.20 bits per heavy atom. The van der Waals surface area contributed by atoms with E-state index in [0.29, 0.717) is 6.10 Å². The van der Waals surface area contributed by atoms with Crippen molar-refractivity contribution < 1.29 is 9.47 Å². The molecular formula is C17H27NO2. The zero-order valence-electron chi connectivity index (χ0n) is 12.8. The Labute approximate surface area is 122 Å². The summed E-state index contributed by atoms with van der Waals surface area (Å²) >= 11 is 0. The van der Waals surface area contributed by atoms with Gasteiger partial charge in [-0.2, -0.15) is 0 Å². The second kappa shape index (κ2) is 7.09. The highest BCUT2D eigenvalue weighted by Crippen LogP contribution is 2.31. The SMILES string of the molecule is COc1ccc(C(OC2CCCC(C)C2)C(C)N)cc1. The minimum Gasteiger partial charge on any atom is -0.497 e. The Morgan fingerprint density at radius 3 is 2.45 bits per heavy atom. The minimum atomic E-state index is -0.0313. The van der Waals surface area contributed by atoms with Gasteiger partial charge in [0.2, 0.25) is 0 Å². The van der Waals surface area contributed by atoms with Crippen molar-refractivity contribution in [3.05, 3.63) is 29.8 Å². The molecular weight excluding hydrogens is 250 g/mol. The van der Waals surface area contributed by atoms with Crippen LogP contribution in [0.3, 0.4) is 0 Å². The fourth-order valence-corrected chi connectivity index (χ4v) is 3.01. The lowest BCUT2D eigenvalue weighted by Crippen LogP contribution is -2.32. The largest absolute Gasteiger partial charge is 0.497 e. The molecule has 1 aliphatic carbocycles. The summed E-state index contributed by atoms with van der Waals surface area (Å²) in [5.74, 6) is 1.63. The fraction of sp³-hybridized carbons (Fsp3) is 0.647. The molecule has 2 N–H and O–H groups in total. The molecule has 1 aromatic carbocycles. The lowest BCUT2D eigenvalue weighted by Gasteiger charge is -2.32. The molecule has 0 radical (unpaired) electrons. The predicted molar refractivity (Wildman–Crippen MR) is 81.9 cm³/mol. The lowest BCUT2D eigenvalue weighted by atomic mass is 9.88. The van der Waals surface area contributed by atoms with Crippen molar-refractivity contribution in [2.24, 2.45) is 11.7 Å². The van der Waals surface area contributed by atoms with Gasteiger partial charge in [-0.05, 0) is 43.4 Å². The number of benzene rings is 1. The first kappa shape index (κ1) is 15.3. The van der Waals surface area contributed by atoms with Gasteiger partial charge in [-0.15, -0.1) is 0 Å². The average Bonchev–Trinajstić information content (AvgIpc) is 2.45. The monoisotopic (exact) mass is 277 g/mol. The van der Waals surface area contributed by atoms with Crippen molar-refractivity contribution in [1.82, 2.24) is 0 Å². The minimum absolute atomic E-state index is 0.0133. The molecule has 4 unspecified atom stereocenters. The maximum absolute atomic E-state index is 6.32. The van der Waals surface area contributed by atoms with Crippen molar-refractivity contribution in [3.8, 4) is 5.75 Å². The summed E-state index contributed by atoms with van der Waals surface area (Å²) < 4.78 is 11.5. The highest BCUT2D eigenvalue weighted by molar-refractivity contribution is 5.29. The van der Waals surface area contributed by atoms with Crippen molar-refractivity contribution >= 4 is 0 Å². The van der Waals surface area contributed by atoms with Crippen LogP contribution in [0.2, 0.25) is 0 Å². The third-order valence-corrected chi connectivity index (χ3v) is 4.15. The third kappa shape index (κ3) is 3.97. The van der Waals surface area contributed by atoms with Gasteiger partial charge in [0.25, 0.3) is 0 Å². The van der Waals surface area contributed by atoms with Crippen molar-refractivity contribution in [2.75, 3.05) is 7.11 Å². The van der Waals surface area contributed by atoms with E-state index in [9.17, 15) is 0 Å². The van der Waals surface area contributed by atoms with E-state index in [0.717, 1.165) is 30.1 Å². The molecule has 3 heteroatoms. The van der Waals surface area contributed by atoms with Crippen molar-refractivity contribution in [2.45, 2.75) is 57.8 Å². The molecule has 0 heterocycles. The summed E-state index contributed by atoms with van der Waals surface area (Å²) in [6.07, 6.45) is 5.21. The van der Waals surface area contributed by atoms with Gasteiger partial charge in [0.15, 0.2) is 0 Å². The molecule has 1 saturated carbocycles. The van der Waals surface area contributed by atoms with Gasteiger partial charge in [-0.25, -0.2) is 0 Å². The second-order valence-electron chi connectivity index (χ2n) is 6.08. The van der Waals surface area contributed by atoms with Crippen LogP contribution in [0.4, 0.5) is 0 Å². The van der Waals surface area contributed by atoms with Gasteiger partial charge < -0.3 is 15.2 Å². The number of hydrogen-bond donors (Lipinski definition) is 1. The van der Waals surface area contributed by atoms with E-state index in [1.807, 2.05) is 19.1 Å². The standard InChI is InChI=1S/C17H27NO2/c1-12-5-4-6-16(11-12)20-17(13(2)18)14-7-9-15(19-3)10-8-14/h7-10,12-13,16-17H,4-6,11,18H2,1-3H3. The third-order valence-electron chi connectivity index (χ3n) is 4.15. The molecule has 1 fully saturated rings. The summed E-state index contributed by atoms with van der Waals surface area (Å²) in [5, 5.41) is 0. The Hall–Kier alpha value is -1.06. The molecule has 0 bridgehead atoms. The zero-order valence-corrected chi connectivity index (χ0v) is 12.8. The Bertz CT molecular complexity index is 402. The first-order valence-corrected chi connectivity index (χ1v) is 7.65. The Balaban J connectivity index is 2.05. The molecule has 4 atom stereocenters. The summed E-state index contributed by atoms with van der Waals surface area (Å²) in [4.78, 5) is 0. The quantitative estimate of drug-likeness (QED) is 0.893. The van der Waals surface area contributed by atoms with E-state index < -0.39 is 0 Å². The molecule has 112 valence electrons. The smallest absolute Gasteiger partial charge is 0.118 e. The van der Waals surface area contributed by atoms with Crippen LogP contribution in [-0.4, -0.2) is 19.3 Å². The van der Waals surface area contributed by atoms with Gasteiger partial charge in [-0.3, -0.25) is 0 Å². The number of rotatable bonds is 5. The maximum atomic E-state index is 6.32. The summed E-state index contributed by atoms with van der Waals surface area (Å²) in [6.45, 7) is 4.32. The average molecular weight is 277 g/mol. The van der Waals surface area contributed by atoms with Gasteiger partial charge in [0, 0.05) is 6.04 Å².